The summed E-state index contributed by atoms with van der Waals surface area (Å²) in [6.45, 7) is 4.93. The average molecular weight is 194 g/mol. The van der Waals surface area contributed by atoms with Gasteiger partial charge >= 0.3 is 0 Å². The van der Waals surface area contributed by atoms with Gasteiger partial charge in [-0.15, -0.1) is 0 Å². The van der Waals surface area contributed by atoms with Crippen molar-refractivity contribution in [1.29, 1.82) is 0 Å². The van der Waals surface area contributed by atoms with E-state index in [0.29, 0.717) is 10.9 Å². The fourth-order valence-corrected chi connectivity index (χ4v) is 1.22. The van der Waals surface area contributed by atoms with Crippen LogP contribution < -0.4 is 5.32 Å². The summed E-state index contributed by atoms with van der Waals surface area (Å²) in [5, 5.41) is 3.26. The Morgan fingerprint density at radius 1 is 1.78 bits per heavy atom. The van der Waals surface area contributed by atoms with E-state index in [1.165, 1.54) is 0 Å². The maximum atomic E-state index is 5.43. The molecule has 0 aromatic carbocycles. The number of hydrogen-bond acceptors (Lipinski definition) is 2. The lowest BCUT2D eigenvalue weighted by molar-refractivity contribution is 0.0313. The molecule has 3 heteroatoms. The molecule has 9 heavy (non-hydrogen) atoms. The summed E-state index contributed by atoms with van der Waals surface area (Å²) in [5.41, 5.74) is 0. The fourth-order valence-electron chi connectivity index (χ4n) is 0.881. The molecule has 0 spiro atoms. The van der Waals surface area contributed by atoms with Crippen molar-refractivity contribution in [2.24, 2.45) is 0 Å². The van der Waals surface area contributed by atoms with Gasteiger partial charge in [0.05, 0.1) is 12.7 Å². The SMILES string of the molecule is CC(Br)C1CNCCO1. The minimum absolute atomic E-state index is 0.360. The second-order valence-electron chi connectivity index (χ2n) is 2.29. The molecule has 1 saturated heterocycles. The highest BCUT2D eigenvalue weighted by Crippen LogP contribution is 2.09. The fraction of sp³-hybridized carbons (Fsp3) is 1.00. The van der Waals surface area contributed by atoms with E-state index in [1.807, 2.05) is 0 Å². The first kappa shape index (κ1) is 7.51. The Kier molecular flexibility index (Phi) is 2.95. The first-order valence-corrected chi connectivity index (χ1v) is 4.18. The van der Waals surface area contributed by atoms with E-state index in [2.05, 4.69) is 28.2 Å². The lowest BCUT2D eigenvalue weighted by Crippen LogP contribution is -2.42. The van der Waals surface area contributed by atoms with Gasteiger partial charge in [-0.3, -0.25) is 0 Å². The Morgan fingerprint density at radius 3 is 2.89 bits per heavy atom. The minimum atomic E-state index is 0.360. The van der Waals surface area contributed by atoms with Gasteiger partial charge in [0.1, 0.15) is 0 Å². The average Bonchev–Trinajstić information content (AvgIpc) is 1.90. The van der Waals surface area contributed by atoms with Crippen molar-refractivity contribution in [2.75, 3.05) is 19.7 Å². The molecule has 54 valence electrons. The van der Waals surface area contributed by atoms with E-state index < -0.39 is 0 Å². The maximum absolute atomic E-state index is 5.43. The third kappa shape index (κ3) is 2.24. The second kappa shape index (κ2) is 3.54. The first-order valence-electron chi connectivity index (χ1n) is 3.27. The molecule has 1 N–H and O–H groups in total. The molecule has 2 unspecified atom stereocenters. The molecule has 0 aromatic heterocycles. The lowest BCUT2D eigenvalue weighted by atomic mass is 10.2. The highest BCUT2D eigenvalue weighted by molar-refractivity contribution is 9.09. The maximum Gasteiger partial charge on any atom is 0.0822 e. The van der Waals surface area contributed by atoms with Crippen LogP contribution in [0.3, 0.4) is 0 Å². The summed E-state index contributed by atoms with van der Waals surface area (Å²) < 4.78 is 5.43. The molecule has 0 radical (unpaired) electrons. The lowest BCUT2D eigenvalue weighted by Gasteiger charge is -2.25. The molecule has 0 aliphatic carbocycles. The Morgan fingerprint density at radius 2 is 2.56 bits per heavy atom. The van der Waals surface area contributed by atoms with Crippen molar-refractivity contribution in [3.05, 3.63) is 0 Å². The standard InChI is InChI=1S/C6H12BrNO/c1-5(7)6-4-8-2-3-9-6/h5-6,8H,2-4H2,1H3. The predicted octanol–water partition coefficient (Wildman–Crippen LogP) is 0.758. The molecule has 1 fully saturated rings. The Hall–Kier alpha value is 0.400. The number of hydrogen-bond donors (Lipinski definition) is 1. The van der Waals surface area contributed by atoms with E-state index in [-0.39, 0.29) is 0 Å². The molecule has 1 heterocycles. The molecule has 0 amide bonds. The van der Waals surface area contributed by atoms with Gasteiger partial charge in [0.15, 0.2) is 0 Å². The van der Waals surface area contributed by atoms with Crippen molar-refractivity contribution in [1.82, 2.24) is 5.32 Å². The largest absolute Gasteiger partial charge is 0.374 e. The summed E-state index contributed by atoms with van der Waals surface area (Å²) in [4.78, 5) is 0.463. The molecule has 2 nitrogen and oxygen atoms in total. The molecule has 1 aliphatic heterocycles. The molecular formula is C6H12BrNO. The van der Waals surface area contributed by atoms with Crippen molar-refractivity contribution < 1.29 is 4.74 Å². The molecule has 1 aliphatic rings. The van der Waals surface area contributed by atoms with Gasteiger partial charge in [0.25, 0.3) is 0 Å². The predicted molar refractivity (Wildman–Crippen MR) is 41.0 cm³/mol. The van der Waals surface area contributed by atoms with Crippen molar-refractivity contribution in [2.45, 2.75) is 17.9 Å². The van der Waals surface area contributed by atoms with Crippen LogP contribution in [0.5, 0.6) is 0 Å². The van der Waals surface area contributed by atoms with Gasteiger partial charge in [-0.2, -0.15) is 0 Å². The zero-order chi connectivity index (χ0) is 6.69. The van der Waals surface area contributed by atoms with Gasteiger partial charge in [0, 0.05) is 17.9 Å². The quantitative estimate of drug-likeness (QED) is 0.622. The van der Waals surface area contributed by atoms with E-state index in [4.69, 9.17) is 4.74 Å². The number of rotatable bonds is 1. The third-order valence-electron chi connectivity index (χ3n) is 1.47. The van der Waals surface area contributed by atoms with Crippen LogP contribution in [0.1, 0.15) is 6.92 Å². The van der Waals surface area contributed by atoms with Crippen molar-refractivity contribution in [3.8, 4) is 0 Å². The van der Waals surface area contributed by atoms with E-state index in [1.54, 1.807) is 0 Å². The highest BCUT2D eigenvalue weighted by atomic mass is 79.9. The zero-order valence-electron chi connectivity index (χ0n) is 5.56. The van der Waals surface area contributed by atoms with E-state index in [0.717, 1.165) is 19.7 Å². The molecule has 0 bridgehead atoms. The van der Waals surface area contributed by atoms with Crippen molar-refractivity contribution in [3.63, 3.8) is 0 Å². The topological polar surface area (TPSA) is 21.3 Å². The van der Waals surface area contributed by atoms with Gasteiger partial charge in [-0.25, -0.2) is 0 Å². The Balaban J connectivity index is 2.23. The van der Waals surface area contributed by atoms with Crippen molar-refractivity contribution >= 4 is 15.9 Å². The third-order valence-corrected chi connectivity index (χ3v) is 2.06. The first-order chi connectivity index (χ1) is 4.30. The van der Waals surface area contributed by atoms with Gasteiger partial charge in [-0.05, 0) is 0 Å². The Labute approximate surface area is 64.1 Å². The summed E-state index contributed by atoms with van der Waals surface area (Å²) in [6.07, 6.45) is 0.360. The molecule has 1 rings (SSSR count). The van der Waals surface area contributed by atoms with E-state index in [9.17, 15) is 0 Å². The number of nitrogens with one attached hydrogen (secondary N) is 1. The molecule has 0 saturated carbocycles. The number of halogens is 1. The summed E-state index contributed by atoms with van der Waals surface area (Å²) in [6, 6.07) is 0. The Bertz CT molecular complexity index is 81.1. The van der Waals surface area contributed by atoms with Crippen LogP contribution >= 0.6 is 15.9 Å². The number of alkyl halides is 1. The van der Waals surface area contributed by atoms with Crippen LogP contribution in [0.15, 0.2) is 0 Å². The van der Waals surface area contributed by atoms with E-state index >= 15 is 0 Å². The second-order valence-corrected chi connectivity index (χ2v) is 3.74. The molecular weight excluding hydrogens is 182 g/mol. The van der Waals surface area contributed by atoms with Crippen LogP contribution in [0.4, 0.5) is 0 Å². The van der Waals surface area contributed by atoms with Crippen LogP contribution in [0.2, 0.25) is 0 Å². The molecule has 2 atom stereocenters. The number of morpholine rings is 1. The smallest absolute Gasteiger partial charge is 0.0822 e. The minimum Gasteiger partial charge on any atom is -0.374 e. The normalized spacial score (nSPS) is 32.0. The summed E-state index contributed by atoms with van der Waals surface area (Å²) >= 11 is 3.47. The van der Waals surface area contributed by atoms with Gasteiger partial charge < -0.3 is 10.1 Å². The van der Waals surface area contributed by atoms with Gasteiger partial charge in [-0.1, -0.05) is 22.9 Å². The number of ether oxygens (including phenoxy) is 1. The molecule has 0 aromatic rings. The summed E-state index contributed by atoms with van der Waals surface area (Å²) in [5.74, 6) is 0. The monoisotopic (exact) mass is 193 g/mol. The van der Waals surface area contributed by atoms with Gasteiger partial charge in [0.2, 0.25) is 0 Å². The van der Waals surface area contributed by atoms with Crippen LogP contribution in [0, 0.1) is 0 Å². The van der Waals surface area contributed by atoms with Crippen LogP contribution in [0.25, 0.3) is 0 Å². The van der Waals surface area contributed by atoms with Crippen LogP contribution in [-0.2, 0) is 4.74 Å². The highest BCUT2D eigenvalue weighted by Gasteiger charge is 2.17. The van der Waals surface area contributed by atoms with Crippen LogP contribution in [-0.4, -0.2) is 30.6 Å². The zero-order valence-corrected chi connectivity index (χ0v) is 7.15. The summed E-state index contributed by atoms with van der Waals surface area (Å²) in [7, 11) is 0.